The summed E-state index contributed by atoms with van der Waals surface area (Å²) in [5.74, 6) is -0.467. The van der Waals surface area contributed by atoms with Gasteiger partial charge >= 0.3 is 0 Å². The van der Waals surface area contributed by atoms with Crippen LogP contribution in [0.5, 0.6) is 0 Å². The fraction of sp³-hybridized carbons (Fsp3) is 0.158. The van der Waals surface area contributed by atoms with Crippen LogP contribution in [0.25, 0.3) is 10.9 Å². The molecular formula is C19H17FN2O2. The molecule has 5 heteroatoms. The third kappa shape index (κ3) is 3.35. The summed E-state index contributed by atoms with van der Waals surface area (Å²) < 4.78 is 13.2. The summed E-state index contributed by atoms with van der Waals surface area (Å²) in [4.78, 5) is 28.6. The maximum Gasteiger partial charge on any atom is 0.251 e. The predicted molar refractivity (Wildman–Crippen MR) is 92.7 cm³/mol. The van der Waals surface area contributed by atoms with Crippen molar-refractivity contribution in [2.24, 2.45) is 0 Å². The maximum absolute atomic E-state index is 13.2. The lowest BCUT2D eigenvalue weighted by atomic mass is 10.1. The number of fused-ring (bicyclic) bond motifs is 1. The third-order valence-electron chi connectivity index (χ3n) is 4.01. The number of aromatic amines is 1. The van der Waals surface area contributed by atoms with Crippen LogP contribution in [0.3, 0.4) is 0 Å². The summed E-state index contributed by atoms with van der Waals surface area (Å²) in [5.41, 5.74) is 1.49. The summed E-state index contributed by atoms with van der Waals surface area (Å²) in [5, 5.41) is 0.745. The molecule has 0 radical (unpaired) electrons. The largest absolute Gasteiger partial charge is 0.322 e. The molecule has 0 bridgehead atoms. The van der Waals surface area contributed by atoms with Gasteiger partial charge in [-0.1, -0.05) is 18.2 Å². The molecule has 0 aliphatic carbocycles. The molecule has 1 aromatic heterocycles. The summed E-state index contributed by atoms with van der Waals surface area (Å²) in [6.07, 6.45) is 0.555. The number of pyridine rings is 1. The minimum atomic E-state index is -0.398. The van der Waals surface area contributed by atoms with E-state index in [1.165, 1.54) is 12.1 Å². The summed E-state index contributed by atoms with van der Waals surface area (Å²) in [6.45, 7) is 0. The molecule has 1 heterocycles. The maximum atomic E-state index is 13.2. The van der Waals surface area contributed by atoms with E-state index >= 15 is 0 Å². The number of rotatable bonds is 4. The number of nitrogens with one attached hydrogen (secondary N) is 1. The van der Waals surface area contributed by atoms with Crippen LogP contribution in [0.4, 0.5) is 10.1 Å². The van der Waals surface area contributed by atoms with Crippen molar-refractivity contribution in [1.82, 2.24) is 4.98 Å². The topological polar surface area (TPSA) is 53.2 Å². The summed E-state index contributed by atoms with van der Waals surface area (Å²) >= 11 is 0. The van der Waals surface area contributed by atoms with E-state index in [1.54, 1.807) is 24.1 Å². The number of halogens is 1. The molecule has 2 aromatic carbocycles. The second kappa shape index (κ2) is 6.66. The van der Waals surface area contributed by atoms with E-state index in [2.05, 4.69) is 4.98 Å². The van der Waals surface area contributed by atoms with Crippen molar-refractivity contribution in [1.29, 1.82) is 0 Å². The number of aryl methyl sites for hydroxylation is 1. The number of aromatic nitrogens is 1. The van der Waals surface area contributed by atoms with E-state index in [-0.39, 0.29) is 17.9 Å². The molecule has 0 saturated heterocycles. The second-order valence-corrected chi connectivity index (χ2v) is 5.64. The zero-order chi connectivity index (χ0) is 17.1. The number of benzene rings is 2. The molecule has 0 aliphatic heterocycles. The fourth-order valence-electron chi connectivity index (χ4n) is 2.61. The SMILES string of the molecule is CN(C(=O)CCc1cc2ccc(F)cc2[nH]c1=O)c1ccccc1. The van der Waals surface area contributed by atoms with Gasteiger partial charge < -0.3 is 9.88 Å². The van der Waals surface area contributed by atoms with Crippen molar-refractivity contribution in [2.45, 2.75) is 12.8 Å². The first-order chi connectivity index (χ1) is 11.5. The van der Waals surface area contributed by atoms with Crippen LogP contribution in [0.1, 0.15) is 12.0 Å². The quantitative estimate of drug-likeness (QED) is 0.801. The lowest BCUT2D eigenvalue weighted by Crippen LogP contribution is -2.27. The molecule has 3 aromatic rings. The lowest BCUT2D eigenvalue weighted by Gasteiger charge is -2.17. The Morgan fingerprint density at radius 2 is 1.88 bits per heavy atom. The van der Waals surface area contributed by atoms with Crippen molar-refractivity contribution in [3.8, 4) is 0 Å². The number of hydrogen-bond acceptors (Lipinski definition) is 2. The van der Waals surface area contributed by atoms with E-state index in [1.807, 2.05) is 30.3 Å². The highest BCUT2D eigenvalue weighted by Crippen LogP contribution is 2.15. The van der Waals surface area contributed by atoms with Gasteiger partial charge in [0.1, 0.15) is 5.82 Å². The first-order valence-corrected chi connectivity index (χ1v) is 7.67. The van der Waals surface area contributed by atoms with E-state index in [0.717, 1.165) is 11.1 Å². The first kappa shape index (κ1) is 15.9. The molecular weight excluding hydrogens is 307 g/mol. The number of anilines is 1. The Morgan fingerprint density at radius 3 is 2.62 bits per heavy atom. The number of carbonyl (C=O) groups is 1. The second-order valence-electron chi connectivity index (χ2n) is 5.64. The van der Waals surface area contributed by atoms with Crippen LogP contribution < -0.4 is 10.5 Å². The molecule has 4 nitrogen and oxygen atoms in total. The molecule has 0 unspecified atom stereocenters. The van der Waals surface area contributed by atoms with E-state index in [4.69, 9.17) is 0 Å². The molecule has 0 aliphatic rings. The molecule has 122 valence electrons. The zero-order valence-electron chi connectivity index (χ0n) is 13.3. The molecule has 0 fully saturated rings. The monoisotopic (exact) mass is 324 g/mol. The van der Waals surface area contributed by atoms with Gasteiger partial charge in [-0.3, -0.25) is 9.59 Å². The van der Waals surface area contributed by atoms with Gasteiger partial charge in [-0.25, -0.2) is 4.39 Å². The molecule has 3 rings (SSSR count). The third-order valence-corrected chi connectivity index (χ3v) is 4.01. The number of amides is 1. The van der Waals surface area contributed by atoms with Gasteiger partial charge in [0.05, 0.1) is 5.52 Å². The van der Waals surface area contributed by atoms with E-state index in [9.17, 15) is 14.0 Å². The fourth-order valence-corrected chi connectivity index (χ4v) is 2.61. The molecule has 0 saturated carbocycles. The van der Waals surface area contributed by atoms with Crippen molar-refractivity contribution >= 4 is 22.5 Å². The van der Waals surface area contributed by atoms with E-state index < -0.39 is 5.82 Å². The summed E-state index contributed by atoms with van der Waals surface area (Å²) in [6, 6.07) is 15.3. The van der Waals surface area contributed by atoms with E-state index in [0.29, 0.717) is 17.5 Å². The highest BCUT2D eigenvalue weighted by Gasteiger charge is 2.12. The van der Waals surface area contributed by atoms with Gasteiger partial charge in [0.25, 0.3) is 5.56 Å². The average molecular weight is 324 g/mol. The van der Waals surface area contributed by atoms with Gasteiger partial charge in [0, 0.05) is 24.7 Å². The highest BCUT2D eigenvalue weighted by atomic mass is 19.1. The van der Waals surface area contributed by atoms with Crippen LogP contribution in [-0.2, 0) is 11.2 Å². The van der Waals surface area contributed by atoms with Crippen LogP contribution in [0.2, 0.25) is 0 Å². The normalized spacial score (nSPS) is 10.8. The standard InChI is InChI=1S/C19H17FN2O2/c1-22(16-5-3-2-4-6-16)18(23)10-8-14-11-13-7-9-15(20)12-17(13)21-19(14)24/h2-7,9,11-12H,8,10H2,1H3,(H,21,24). The first-order valence-electron chi connectivity index (χ1n) is 7.67. The van der Waals surface area contributed by atoms with Crippen LogP contribution in [-0.4, -0.2) is 17.9 Å². The van der Waals surface area contributed by atoms with Gasteiger partial charge in [0.15, 0.2) is 0 Å². The van der Waals surface area contributed by atoms with Crippen LogP contribution in [0, 0.1) is 5.82 Å². The van der Waals surface area contributed by atoms with Crippen molar-refractivity contribution in [2.75, 3.05) is 11.9 Å². The Balaban J connectivity index is 1.76. The van der Waals surface area contributed by atoms with Gasteiger partial charge in [0.2, 0.25) is 5.91 Å². The number of nitrogens with zero attached hydrogens (tertiary/aromatic N) is 1. The minimum Gasteiger partial charge on any atom is -0.322 e. The van der Waals surface area contributed by atoms with Gasteiger partial charge in [-0.2, -0.15) is 0 Å². The molecule has 24 heavy (non-hydrogen) atoms. The Labute approximate surface area is 138 Å². The molecule has 0 spiro atoms. The predicted octanol–water partition coefficient (Wildman–Crippen LogP) is 3.26. The Kier molecular flexibility index (Phi) is 4.42. The minimum absolute atomic E-state index is 0.0696. The van der Waals surface area contributed by atoms with Crippen molar-refractivity contribution < 1.29 is 9.18 Å². The Bertz CT molecular complexity index is 935. The lowest BCUT2D eigenvalue weighted by molar-refractivity contribution is -0.118. The number of para-hydroxylation sites is 1. The highest BCUT2D eigenvalue weighted by molar-refractivity contribution is 5.92. The smallest absolute Gasteiger partial charge is 0.251 e. The number of H-pyrrole nitrogens is 1. The van der Waals surface area contributed by atoms with Crippen LogP contribution in [0.15, 0.2) is 59.4 Å². The van der Waals surface area contributed by atoms with Crippen LogP contribution >= 0.6 is 0 Å². The number of carbonyl (C=O) groups excluding carboxylic acids is 1. The molecule has 1 amide bonds. The Morgan fingerprint density at radius 1 is 1.12 bits per heavy atom. The Hall–Kier alpha value is -2.95. The average Bonchev–Trinajstić information content (AvgIpc) is 2.59. The van der Waals surface area contributed by atoms with Gasteiger partial charge in [-0.05, 0) is 48.2 Å². The van der Waals surface area contributed by atoms with Crippen molar-refractivity contribution in [3.05, 3.63) is 76.3 Å². The summed E-state index contributed by atoms with van der Waals surface area (Å²) in [7, 11) is 1.71. The molecule has 1 N–H and O–H groups in total. The van der Waals surface area contributed by atoms with Gasteiger partial charge in [-0.15, -0.1) is 0 Å². The number of hydrogen-bond donors (Lipinski definition) is 1. The zero-order valence-corrected chi connectivity index (χ0v) is 13.3. The van der Waals surface area contributed by atoms with Crippen molar-refractivity contribution in [3.63, 3.8) is 0 Å². The molecule has 0 atom stereocenters.